The first-order valence-electron chi connectivity index (χ1n) is 11.1. The Morgan fingerprint density at radius 2 is 1.74 bits per heavy atom. The molecular weight excluding hydrogens is 497 g/mol. The average Bonchev–Trinajstić information content (AvgIpc) is 2.79. The standard InChI is InChI=1S/C24H31Cl2N3O4S/c1-4-5-15-27-24(31)18(2)28(16-14-19-10-7-6-8-11-19)22(30)17-29(34(3,32)33)21-13-9-12-20(25)23(21)26/h6-13,18H,4-5,14-17H2,1-3H3,(H,27,31)/t18-/m1/s1. The highest BCUT2D eigenvalue weighted by molar-refractivity contribution is 7.92. The van der Waals surface area contributed by atoms with Crippen molar-refractivity contribution in [3.63, 3.8) is 0 Å². The van der Waals surface area contributed by atoms with Crippen LogP contribution >= 0.6 is 23.2 Å². The van der Waals surface area contributed by atoms with Crippen molar-refractivity contribution in [2.75, 3.05) is 30.2 Å². The molecule has 0 unspecified atom stereocenters. The van der Waals surface area contributed by atoms with Crippen LogP contribution in [-0.4, -0.2) is 57.1 Å². The molecule has 7 nitrogen and oxygen atoms in total. The molecule has 0 aliphatic rings. The van der Waals surface area contributed by atoms with Crippen LogP contribution in [0, 0.1) is 0 Å². The Morgan fingerprint density at radius 3 is 2.35 bits per heavy atom. The SMILES string of the molecule is CCCCNC(=O)[C@@H](C)N(CCc1ccccc1)C(=O)CN(c1cccc(Cl)c1Cl)S(C)(=O)=O. The minimum absolute atomic E-state index is 0.0311. The quantitative estimate of drug-likeness (QED) is 0.420. The lowest BCUT2D eigenvalue weighted by molar-refractivity contribution is -0.138. The molecule has 2 rings (SSSR count). The summed E-state index contributed by atoms with van der Waals surface area (Å²) in [7, 11) is -3.87. The van der Waals surface area contributed by atoms with Gasteiger partial charge in [-0.2, -0.15) is 0 Å². The first-order chi connectivity index (χ1) is 16.1. The lowest BCUT2D eigenvalue weighted by Gasteiger charge is -2.31. The molecule has 0 heterocycles. The molecule has 2 amide bonds. The van der Waals surface area contributed by atoms with Gasteiger partial charge in [0.05, 0.1) is 22.0 Å². The number of unbranched alkanes of at least 4 members (excludes halogenated alkanes) is 1. The zero-order valence-corrected chi connectivity index (χ0v) is 22.0. The maximum Gasteiger partial charge on any atom is 0.244 e. The summed E-state index contributed by atoms with van der Waals surface area (Å²) in [6.07, 6.45) is 3.25. The minimum atomic E-state index is -3.87. The van der Waals surface area contributed by atoms with Crippen LogP contribution in [-0.2, 0) is 26.0 Å². The van der Waals surface area contributed by atoms with E-state index < -0.39 is 28.5 Å². The Hall–Kier alpha value is -2.29. The van der Waals surface area contributed by atoms with Crippen LogP contribution in [0.25, 0.3) is 0 Å². The van der Waals surface area contributed by atoms with Crippen LogP contribution in [0.1, 0.15) is 32.3 Å². The van der Waals surface area contributed by atoms with Gasteiger partial charge in [-0.3, -0.25) is 13.9 Å². The van der Waals surface area contributed by atoms with Crippen molar-refractivity contribution in [1.29, 1.82) is 0 Å². The zero-order valence-electron chi connectivity index (χ0n) is 19.6. The summed E-state index contributed by atoms with van der Waals surface area (Å²) in [6, 6.07) is 13.3. The largest absolute Gasteiger partial charge is 0.354 e. The molecule has 2 aromatic carbocycles. The molecule has 2 aromatic rings. The predicted molar refractivity (Wildman–Crippen MR) is 138 cm³/mol. The van der Waals surface area contributed by atoms with Crippen molar-refractivity contribution >= 4 is 50.7 Å². The maximum atomic E-state index is 13.4. The maximum absolute atomic E-state index is 13.4. The van der Waals surface area contributed by atoms with Crippen molar-refractivity contribution in [2.24, 2.45) is 0 Å². The second kappa shape index (κ2) is 13.0. The normalized spacial score (nSPS) is 12.1. The number of hydrogen-bond acceptors (Lipinski definition) is 4. The fraction of sp³-hybridized carbons (Fsp3) is 0.417. The average molecular weight is 529 g/mol. The fourth-order valence-corrected chi connectivity index (χ4v) is 4.69. The van der Waals surface area contributed by atoms with Gasteiger partial charge >= 0.3 is 0 Å². The molecule has 0 aliphatic carbocycles. The van der Waals surface area contributed by atoms with Gasteiger partial charge in [0.15, 0.2) is 0 Å². The van der Waals surface area contributed by atoms with E-state index in [0.29, 0.717) is 13.0 Å². The summed E-state index contributed by atoms with van der Waals surface area (Å²) in [5.74, 6) is -0.808. The molecular formula is C24H31Cl2N3O4S. The van der Waals surface area contributed by atoms with Crippen molar-refractivity contribution in [3.05, 3.63) is 64.1 Å². The number of halogens is 2. The number of carbonyl (C=O) groups excluding carboxylic acids is 2. The highest BCUT2D eigenvalue weighted by atomic mass is 35.5. The van der Waals surface area contributed by atoms with E-state index in [1.165, 1.54) is 17.0 Å². The summed E-state index contributed by atoms with van der Waals surface area (Å²) in [5, 5.41) is 3.05. The van der Waals surface area contributed by atoms with Gasteiger partial charge in [-0.25, -0.2) is 8.42 Å². The Bertz CT molecular complexity index is 1080. The molecule has 0 saturated heterocycles. The van der Waals surface area contributed by atoms with Gasteiger partial charge in [0.1, 0.15) is 12.6 Å². The molecule has 34 heavy (non-hydrogen) atoms. The highest BCUT2D eigenvalue weighted by Gasteiger charge is 2.30. The number of benzene rings is 2. The Balaban J connectivity index is 2.31. The molecule has 10 heteroatoms. The molecule has 186 valence electrons. The molecule has 0 aromatic heterocycles. The second-order valence-corrected chi connectivity index (χ2v) is 10.7. The Kier molecular flexibility index (Phi) is 10.7. The van der Waals surface area contributed by atoms with Gasteiger partial charge in [0, 0.05) is 13.1 Å². The topological polar surface area (TPSA) is 86.8 Å². The minimum Gasteiger partial charge on any atom is -0.354 e. The van der Waals surface area contributed by atoms with Gasteiger partial charge in [-0.05, 0) is 37.5 Å². The van der Waals surface area contributed by atoms with Gasteiger partial charge in [0.2, 0.25) is 21.8 Å². The van der Waals surface area contributed by atoms with Gasteiger partial charge in [-0.1, -0.05) is 72.9 Å². The van der Waals surface area contributed by atoms with Crippen LogP contribution < -0.4 is 9.62 Å². The van der Waals surface area contributed by atoms with E-state index in [0.717, 1.165) is 29.0 Å². The third-order valence-electron chi connectivity index (χ3n) is 5.36. The second-order valence-electron chi connectivity index (χ2n) is 7.99. The molecule has 0 saturated carbocycles. The van der Waals surface area contributed by atoms with Gasteiger partial charge < -0.3 is 10.2 Å². The monoisotopic (exact) mass is 527 g/mol. The predicted octanol–water partition coefficient (Wildman–Crippen LogP) is 4.14. The smallest absolute Gasteiger partial charge is 0.244 e. The number of nitrogens with zero attached hydrogens (tertiary/aromatic N) is 2. The number of hydrogen-bond donors (Lipinski definition) is 1. The Morgan fingerprint density at radius 1 is 1.06 bits per heavy atom. The first-order valence-corrected chi connectivity index (χ1v) is 13.7. The van der Waals surface area contributed by atoms with E-state index in [1.54, 1.807) is 13.0 Å². The van der Waals surface area contributed by atoms with E-state index >= 15 is 0 Å². The summed E-state index contributed by atoms with van der Waals surface area (Å²) >= 11 is 12.3. The zero-order chi connectivity index (χ0) is 25.3. The summed E-state index contributed by atoms with van der Waals surface area (Å²) in [6.45, 7) is 3.90. The Labute approximate surface area is 212 Å². The number of sulfonamides is 1. The number of carbonyl (C=O) groups is 2. The van der Waals surface area contributed by atoms with Crippen molar-refractivity contribution < 1.29 is 18.0 Å². The van der Waals surface area contributed by atoms with Gasteiger partial charge in [-0.15, -0.1) is 0 Å². The fourth-order valence-electron chi connectivity index (χ4n) is 3.39. The van der Waals surface area contributed by atoms with Gasteiger partial charge in [0.25, 0.3) is 0 Å². The molecule has 0 bridgehead atoms. The summed E-state index contributed by atoms with van der Waals surface area (Å²) < 4.78 is 26.1. The number of rotatable bonds is 12. The molecule has 0 spiro atoms. The van der Waals surface area contributed by atoms with Crippen LogP contribution in [0.15, 0.2) is 48.5 Å². The third-order valence-corrected chi connectivity index (χ3v) is 7.30. The lowest BCUT2D eigenvalue weighted by atomic mass is 10.1. The summed E-state index contributed by atoms with van der Waals surface area (Å²) in [4.78, 5) is 27.6. The van der Waals surface area contributed by atoms with E-state index in [4.69, 9.17) is 23.2 Å². The van der Waals surface area contributed by atoms with E-state index in [9.17, 15) is 18.0 Å². The number of amides is 2. The highest BCUT2D eigenvalue weighted by Crippen LogP contribution is 2.33. The van der Waals surface area contributed by atoms with E-state index in [-0.39, 0.29) is 28.2 Å². The van der Waals surface area contributed by atoms with E-state index in [1.807, 2.05) is 37.3 Å². The lowest BCUT2D eigenvalue weighted by Crippen LogP contribution is -2.52. The van der Waals surface area contributed by atoms with Crippen molar-refractivity contribution in [2.45, 2.75) is 39.2 Å². The third kappa shape index (κ3) is 7.89. The molecule has 1 N–H and O–H groups in total. The van der Waals surface area contributed by atoms with Crippen LogP contribution in [0.4, 0.5) is 5.69 Å². The summed E-state index contributed by atoms with van der Waals surface area (Å²) in [5.41, 5.74) is 1.10. The molecule has 0 radical (unpaired) electrons. The van der Waals surface area contributed by atoms with Crippen LogP contribution in [0.3, 0.4) is 0 Å². The van der Waals surface area contributed by atoms with Crippen LogP contribution in [0.2, 0.25) is 10.0 Å². The van der Waals surface area contributed by atoms with E-state index in [2.05, 4.69) is 5.32 Å². The molecule has 0 fully saturated rings. The number of nitrogens with one attached hydrogen (secondary N) is 1. The van der Waals surface area contributed by atoms with Crippen LogP contribution in [0.5, 0.6) is 0 Å². The number of anilines is 1. The molecule has 1 atom stereocenters. The first kappa shape index (κ1) is 28.0. The molecule has 0 aliphatic heterocycles. The van der Waals surface area contributed by atoms with Crippen molar-refractivity contribution in [1.82, 2.24) is 10.2 Å². The van der Waals surface area contributed by atoms with Crippen molar-refractivity contribution in [3.8, 4) is 0 Å².